The van der Waals surface area contributed by atoms with E-state index in [2.05, 4.69) is 5.32 Å². The smallest absolute Gasteiger partial charge is 0.326 e. The number of primary amides is 1. The molecule has 1 rings (SSSR count). The zero-order chi connectivity index (χ0) is 16.2. The maximum absolute atomic E-state index is 11.9. The van der Waals surface area contributed by atoms with E-state index in [1.807, 2.05) is 0 Å². The van der Waals surface area contributed by atoms with Crippen molar-refractivity contribution in [1.29, 1.82) is 0 Å². The summed E-state index contributed by atoms with van der Waals surface area (Å²) >= 11 is 0. The lowest BCUT2D eigenvalue weighted by Gasteiger charge is -2.23. The zero-order valence-electron chi connectivity index (χ0n) is 11.5. The SMILES string of the molecule is C[C@@H](C(=O)N[C@@H](CCC(N)=O)C(=O)O)N1C(=O)CCC1=O. The molecule has 2 atom stereocenters. The van der Waals surface area contributed by atoms with Gasteiger partial charge in [0.1, 0.15) is 12.1 Å². The van der Waals surface area contributed by atoms with Crippen LogP contribution in [0.2, 0.25) is 0 Å². The van der Waals surface area contributed by atoms with Crippen molar-refractivity contribution < 1.29 is 29.1 Å². The number of nitrogens with one attached hydrogen (secondary N) is 1. The molecule has 0 aromatic heterocycles. The fourth-order valence-corrected chi connectivity index (χ4v) is 1.98. The second-order valence-corrected chi connectivity index (χ2v) is 4.74. The van der Waals surface area contributed by atoms with Gasteiger partial charge in [-0.2, -0.15) is 0 Å². The van der Waals surface area contributed by atoms with E-state index in [1.54, 1.807) is 0 Å². The number of imide groups is 1. The third-order valence-corrected chi connectivity index (χ3v) is 3.15. The molecule has 0 unspecified atom stereocenters. The van der Waals surface area contributed by atoms with Gasteiger partial charge < -0.3 is 16.2 Å². The fourth-order valence-electron chi connectivity index (χ4n) is 1.98. The van der Waals surface area contributed by atoms with Gasteiger partial charge in [-0.25, -0.2) is 4.79 Å². The Balaban J connectivity index is 2.68. The van der Waals surface area contributed by atoms with Crippen LogP contribution in [0.4, 0.5) is 0 Å². The van der Waals surface area contributed by atoms with Crippen LogP contribution in [0.1, 0.15) is 32.6 Å². The monoisotopic (exact) mass is 299 g/mol. The van der Waals surface area contributed by atoms with E-state index in [0.29, 0.717) is 0 Å². The number of hydrogen-bond donors (Lipinski definition) is 3. The molecular formula is C12H17N3O6. The summed E-state index contributed by atoms with van der Waals surface area (Å²) in [6.07, 6.45) is -0.279. The first-order valence-electron chi connectivity index (χ1n) is 6.40. The Morgan fingerprint density at radius 1 is 1.29 bits per heavy atom. The lowest BCUT2D eigenvalue weighted by Crippen LogP contribution is -2.52. The molecule has 0 bridgehead atoms. The number of nitrogens with zero attached hydrogens (tertiary/aromatic N) is 1. The van der Waals surface area contributed by atoms with Crippen LogP contribution in [-0.4, -0.2) is 51.7 Å². The number of likely N-dealkylation sites (tertiary alicyclic amines) is 1. The van der Waals surface area contributed by atoms with Crippen molar-refractivity contribution >= 4 is 29.6 Å². The molecule has 0 radical (unpaired) electrons. The third-order valence-electron chi connectivity index (χ3n) is 3.15. The molecule has 0 saturated carbocycles. The number of aliphatic carboxylic acids is 1. The molecule has 1 aliphatic heterocycles. The summed E-state index contributed by atoms with van der Waals surface area (Å²) < 4.78 is 0. The van der Waals surface area contributed by atoms with Gasteiger partial charge in [-0.3, -0.25) is 24.1 Å². The van der Waals surface area contributed by atoms with E-state index in [0.717, 1.165) is 4.90 Å². The summed E-state index contributed by atoms with van der Waals surface area (Å²) in [5, 5.41) is 11.2. The number of carbonyl (C=O) groups is 5. The minimum atomic E-state index is -1.32. The van der Waals surface area contributed by atoms with Crippen molar-refractivity contribution in [3.8, 4) is 0 Å². The maximum Gasteiger partial charge on any atom is 0.326 e. The summed E-state index contributed by atoms with van der Waals surface area (Å²) in [6, 6.07) is -2.40. The van der Waals surface area contributed by atoms with Crippen LogP contribution in [0.15, 0.2) is 0 Å². The second kappa shape index (κ2) is 6.82. The second-order valence-electron chi connectivity index (χ2n) is 4.74. The topological polar surface area (TPSA) is 147 Å². The predicted octanol–water partition coefficient (Wildman–Crippen LogP) is -1.64. The van der Waals surface area contributed by atoms with E-state index >= 15 is 0 Å². The van der Waals surface area contributed by atoms with Crippen molar-refractivity contribution in [3.05, 3.63) is 0 Å². The lowest BCUT2D eigenvalue weighted by molar-refractivity contribution is -0.147. The molecule has 1 aliphatic rings. The minimum Gasteiger partial charge on any atom is -0.480 e. The molecule has 4 N–H and O–H groups in total. The fraction of sp³-hybridized carbons (Fsp3) is 0.583. The molecule has 9 nitrogen and oxygen atoms in total. The number of carboxylic acids is 1. The Labute approximate surface area is 120 Å². The van der Waals surface area contributed by atoms with Crippen LogP contribution < -0.4 is 11.1 Å². The largest absolute Gasteiger partial charge is 0.480 e. The Hall–Kier alpha value is -2.45. The standard InChI is InChI=1S/C12H17N3O6/c1-6(15-9(17)4-5-10(15)18)11(19)14-7(12(20)21)2-3-8(13)16/h6-7H,2-5H2,1H3,(H2,13,16)(H,14,19)(H,20,21)/t6-,7-/m0/s1. The molecule has 9 heteroatoms. The van der Waals surface area contributed by atoms with Crippen LogP contribution in [0.25, 0.3) is 0 Å². The van der Waals surface area contributed by atoms with Crippen molar-refractivity contribution in [2.75, 3.05) is 0 Å². The van der Waals surface area contributed by atoms with Gasteiger partial charge >= 0.3 is 5.97 Å². The quantitative estimate of drug-likeness (QED) is 0.480. The average Bonchev–Trinajstić information content (AvgIpc) is 2.72. The van der Waals surface area contributed by atoms with Gasteiger partial charge in [0.25, 0.3) is 0 Å². The first kappa shape index (κ1) is 16.6. The van der Waals surface area contributed by atoms with Gasteiger partial charge in [0.2, 0.25) is 23.6 Å². The number of amides is 4. The molecule has 0 aliphatic carbocycles. The van der Waals surface area contributed by atoms with Gasteiger partial charge in [0.15, 0.2) is 0 Å². The molecule has 0 aromatic carbocycles. The van der Waals surface area contributed by atoms with Crippen molar-refractivity contribution in [1.82, 2.24) is 10.2 Å². The van der Waals surface area contributed by atoms with E-state index in [4.69, 9.17) is 10.8 Å². The molecule has 0 aromatic rings. The molecule has 1 fully saturated rings. The number of carboxylic acid groups (broad SMARTS) is 1. The Morgan fingerprint density at radius 3 is 2.24 bits per heavy atom. The van der Waals surface area contributed by atoms with Crippen LogP contribution in [0, 0.1) is 0 Å². The van der Waals surface area contributed by atoms with E-state index in [1.165, 1.54) is 6.92 Å². The highest BCUT2D eigenvalue weighted by Crippen LogP contribution is 2.15. The summed E-state index contributed by atoms with van der Waals surface area (Å²) in [5.41, 5.74) is 4.93. The highest BCUT2D eigenvalue weighted by Gasteiger charge is 2.37. The van der Waals surface area contributed by atoms with E-state index < -0.39 is 41.7 Å². The number of nitrogens with two attached hydrogens (primary N) is 1. The average molecular weight is 299 g/mol. The molecular weight excluding hydrogens is 282 g/mol. The van der Waals surface area contributed by atoms with Gasteiger partial charge in [0, 0.05) is 19.3 Å². The highest BCUT2D eigenvalue weighted by atomic mass is 16.4. The zero-order valence-corrected chi connectivity index (χ0v) is 11.5. The summed E-state index contributed by atoms with van der Waals surface area (Å²) in [7, 11) is 0. The van der Waals surface area contributed by atoms with Crippen molar-refractivity contribution in [3.63, 3.8) is 0 Å². The Bertz CT molecular complexity index is 473. The summed E-state index contributed by atoms with van der Waals surface area (Å²) in [6.45, 7) is 1.34. The Kier molecular flexibility index (Phi) is 5.39. The molecule has 21 heavy (non-hydrogen) atoms. The number of carbonyl (C=O) groups excluding carboxylic acids is 4. The number of rotatable bonds is 7. The van der Waals surface area contributed by atoms with E-state index in [-0.39, 0.29) is 25.7 Å². The van der Waals surface area contributed by atoms with Gasteiger partial charge in [-0.05, 0) is 13.3 Å². The Morgan fingerprint density at radius 2 is 1.81 bits per heavy atom. The highest BCUT2D eigenvalue weighted by molar-refractivity contribution is 6.05. The van der Waals surface area contributed by atoms with Gasteiger partial charge in [-0.15, -0.1) is 0 Å². The predicted molar refractivity (Wildman–Crippen MR) is 68.5 cm³/mol. The number of hydrogen-bond acceptors (Lipinski definition) is 5. The summed E-state index contributed by atoms with van der Waals surface area (Å²) in [5.74, 6) is -3.71. The molecule has 4 amide bonds. The maximum atomic E-state index is 11.9. The summed E-state index contributed by atoms with van der Waals surface area (Å²) in [4.78, 5) is 57.5. The molecule has 0 spiro atoms. The third kappa shape index (κ3) is 4.26. The lowest BCUT2D eigenvalue weighted by atomic mass is 10.1. The molecule has 116 valence electrons. The van der Waals surface area contributed by atoms with Gasteiger partial charge in [-0.1, -0.05) is 0 Å². The van der Waals surface area contributed by atoms with Crippen LogP contribution in [-0.2, 0) is 24.0 Å². The first-order chi connectivity index (χ1) is 9.73. The van der Waals surface area contributed by atoms with Crippen molar-refractivity contribution in [2.24, 2.45) is 5.73 Å². The van der Waals surface area contributed by atoms with Crippen molar-refractivity contribution in [2.45, 2.75) is 44.7 Å². The van der Waals surface area contributed by atoms with Crippen LogP contribution >= 0.6 is 0 Å². The van der Waals surface area contributed by atoms with E-state index in [9.17, 15) is 24.0 Å². The van der Waals surface area contributed by atoms with Gasteiger partial charge in [0.05, 0.1) is 0 Å². The molecule has 1 saturated heterocycles. The van der Waals surface area contributed by atoms with Crippen LogP contribution in [0.3, 0.4) is 0 Å². The first-order valence-corrected chi connectivity index (χ1v) is 6.40. The van der Waals surface area contributed by atoms with Crippen LogP contribution in [0.5, 0.6) is 0 Å². The normalized spacial score (nSPS) is 17.5. The minimum absolute atomic E-state index is 0.0422. The molecule has 1 heterocycles.